The van der Waals surface area contributed by atoms with Crippen molar-refractivity contribution in [1.82, 2.24) is 10.2 Å². The monoisotopic (exact) mass is 349 g/mol. The third kappa shape index (κ3) is 3.50. The Morgan fingerprint density at radius 3 is 2.32 bits per heavy atom. The largest absolute Gasteiger partial charge is 0.335 e. The molecule has 2 unspecified atom stereocenters. The molecule has 136 valence electrons. The number of piperidine rings is 1. The number of nitrogens with one attached hydrogen (secondary N) is 2. The number of benzene rings is 1. The van der Waals surface area contributed by atoms with E-state index in [-0.39, 0.29) is 11.7 Å². The fourth-order valence-corrected chi connectivity index (χ4v) is 5.06. The molecule has 4 rings (SSSR count). The minimum Gasteiger partial charge on any atom is -0.335 e. The molecule has 2 aliphatic heterocycles. The van der Waals surface area contributed by atoms with Crippen LogP contribution in [-0.2, 0) is 0 Å². The van der Waals surface area contributed by atoms with Gasteiger partial charge in [0.15, 0.2) is 0 Å². The fourth-order valence-electron chi connectivity index (χ4n) is 5.06. The lowest BCUT2D eigenvalue weighted by atomic mass is 9.95. The van der Waals surface area contributed by atoms with E-state index in [1.165, 1.54) is 44.6 Å². The first-order valence-electron chi connectivity index (χ1n) is 9.40. The van der Waals surface area contributed by atoms with Crippen molar-refractivity contribution in [1.29, 1.82) is 0 Å². The van der Waals surface area contributed by atoms with Crippen LogP contribution in [0.2, 0.25) is 0 Å². The van der Waals surface area contributed by atoms with Gasteiger partial charge in [-0.3, -0.25) is 4.90 Å². The molecule has 0 aromatic heterocycles. The average Bonchev–Trinajstić information content (AvgIpc) is 3.16. The van der Waals surface area contributed by atoms with E-state index in [9.17, 15) is 13.6 Å². The number of hydrogen-bond donors (Lipinski definition) is 2. The minimum atomic E-state index is -0.758. The van der Waals surface area contributed by atoms with E-state index in [4.69, 9.17) is 0 Å². The van der Waals surface area contributed by atoms with Crippen LogP contribution in [0.4, 0.5) is 19.3 Å². The van der Waals surface area contributed by atoms with Gasteiger partial charge < -0.3 is 10.6 Å². The van der Waals surface area contributed by atoms with Gasteiger partial charge in [0.05, 0.1) is 5.69 Å². The molecule has 2 saturated heterocycles. The molecule has 4 nitrogen and oxygen atoms in total. The zero-order valence-electron chi connectivity index (χ0n) is 14.3. The van der Waals surface area contributed by atoms with Crippen LogP contribution in [-0.4, -0.2) is 35.1 Å². The van der Waals surface area contributed by atoms with E-state index in [1.807, 2.05) is 0 Å². The molecule has 2 heterocycles. The number of carbonyl (C=O) groups excluding carboxylic acids is 1. The van der Waals surface area contributed by atoms with Gasteiger partial charge in [-0.2, -0.15) is 0 Å². The highest BCUT2D eigenvalue weighted by molar-refractivity contribution is 5.89. The summed E-state index contributed by atoms with van der Waals surface area (Å²) in [7, 11) is 0. The molecule has 2 amide bonds. The van der Waals surface area contributed by atoms with E-state index < -0.39 is 17.7 Å². The number of carbonyl (C=O) groups is 1. The number of hydrogen-bond acceptors (Lipinski definition) is 2. The van der Waals surface area contributed by atoms with Crippen LogP contribution in [0, 0.1) is 11.6 Å². The second-order valence-corrected chi connectivity index (χ2v) is 7.66. The number of rotatable bonds is 3. The van der Waals surface area contributed by atoms with Gasteiger partial charge >= 0.3 is 6.03 Å². The first-order chi connectivity index (χ1) is 12.1. The Labute approximate surface area is 147 Å². The third-order valence-electron chi connectivity index (χ3n) is 6.05. The van der Waals surface area contributed by atoms with Crippen LogP contribution in [0.3, 0.4) is 0 Å². The van der Waals surface area contributed by atoms with Crippen molar-refractivity contribution >= 4 is 11.7 Å². The van der Waals surface area contributed by atoms with Crippen LogP contribution in [0.15, 0.2) is 18.2 Å². The van der Waals surface area contributed by atoms with Gasteiger partial charge in [-0.05, 0) is 50.7 Å². The number of halogens is 2. The van der Waals surface area contributed by atoms with Crippen molar-refractivity contribution in [2.75, 3.05) is 5.32 Å². The van der Waals surface area contributed by atoms with Crippen LogP contribution < -0.4 is 10.6 Å². The maximum atomic E-state index is 13.7. The second kappa shape index (κ2) is 6.90. The zero-order valence-corrected chi connectivity index (χ0v) is 14.3. The van der Waals surface area contributed by atoms with E-state index in [1.54, 1.807) is 0 Å². The van der Waals surface area contributed by atoms with E-state index in [0.717, 1.165) is 31.0 Å². The Bertz CT molecular complexity index is 634. The molecule has 3 fully saturated rings. The molecule has 3 aliphatic rings. The highest BCUT2D eigenvalue weighted by atomic mass is 19.1. The molecule has 1 saturated carbocycles. The maximum absolute atomic E-state index is 13.7. The molecule has 6 heteroatoms. The summed E-state index contributed by atoms with van der Waals surface area (Å²) < 4.78 is 26.6. The highest BCUT2D eigenvalue weighted by Gasteiger charge is 2.44. The van der Waals surface area contributed by atoms with Crippen molar-refractivity contribution in [2.24, 2.45) is 0 Å². The summed E-state index contributed by atoms with van der Waals surface area (Å²) in [4.78, 5) is 14.9. The lowest BCUT2D eigenvalue weighted by Crippen LogP contribution is -2.53. The summed E-state index contributed by atoms with van der Waals surface area (Å²) in [5, 5.41) is 5.48. The summed E-state index contributed by atoms with van der Waals surface area (Å²) in [6.45, 7) is 0. The van der Waals surface area contributed by atoms with Crippen LogP contribution in [0.5, 0.6) is 0 Å². The number of fused-ring (bicyclic) bond motifs is 2. The maximum Gasteiger partial charge on any atom is 0.319 e. The highest BCUT2D eigenvalue weighted by Crippen LogP contribution is 2.41. The van der Waals surface area contributed by atoms with Crippen LogP contribution in [0.1, 0.15) is 51.4 Å². The summed E-state index contributed by atoms with van der Waals surface area (Å²) in [6.07, 6.45) is 9.67. The van der Waals surface area contributed by atoms with Crippen molar-refractivity contribution in [3.63, 3.8) is 0 Å². The normalized spacial score (nSPS) is 29.8. The van der Waals surface area contributed by atoms with Crippen LogP contribution in [0.25, 0.3) is 0 Å². The first-order valence-corrected chi connectivity index (χ1v) is 9.40. The Balaban J connectivity index is 1.34. The summed E-state index contributed by atoms with van der Waals surface area (Å²) in [5.41, 5.74) is 0.00487. The van der Waals surface area contributed by atoms with E-state index >= 15 is 0 Å². The Morgan fingerprint density at radius 2 is 1.68 bits per heavy atom. The number of urea groups is 1. The smallest absolute Gasteiger partial charge is 0.319 e. The lowest BCUT2D eigenvalue weighted by Gasteiger charge is -2.42. The third-order valence-corrected chi connectivity index (χ3v) is 6.05. The molecule has 2 atom stereocenters. The van der Waals surface area contributed by atoms with Crippen LogP contribution >= 0.6 is 0 Å². The van der Waals surface area contributed by atoms with Gasteiger partial charge in [0, 0.05) is 30.2 Å². The fraction of sp³-hybridized carbons (Fsp3) is 0.632. The molecule has 1 aromatic rings. The molecule has 1 aromatic carbocycles. The van der Waals surface area contributed by atoms with Gasteiger partial charge in [-0.25, -0.2) is 13.6 Å². The lowest BCUT2D eigenvalue weighted by molar-refractivity contribution is 0.0746. The van der Waals surface area contributed by atoms with Gasteiger partial charge in [-0.15, -0.1) is 0 Å². The minimum absolute atomic E-state index is 0.00487. The molecular weight excluding hydrogens is 324 g/mol. The molecule has 2 N–H and O–H groups in total. The number of anilines is 1. The SMILES string of the molecule is O=C(Nc1ccc(F)cc1F)NC1CC2CCC(C1)N2C1CCCC1. The Hall–Kier alpha value is -1.69. The molecule has 25 heavy (non-hydrogen) atoms. The molecule has 1 aliphatic carbocycles. The van der Waals surface area contributed by atoms with Crippen molar-refractivity contribution in [2.45, 2.75) is 75.5 Å². The van der Waals surface area contributed by atoms with Gasteiger partial charge in [-0.1, -0.05) is 12.8 Å². The molecule has 0 spiro atoms. The standard InChI is InChI=1S/C19H25F2N3O/c20-12-5-8-18(17(21)9-12)23-19(25)22-13-10-15-6-7-16(11-13)24(15)14-3-1-2-4-14/h5,8-9,13-16H,1-4,6-7,10-11H2,(H2,22,23,25). The summed E-state index contributed by atoms with van der Waals surface area (Å²) in [5.74, 6) is -1.41. The predicted octanol–water partition coefficient (Wildman–Crippen LogP) is 4.02. The average molecular weight is 349 g/mol. The number of nitrogens with zero attached hydrogens (tertiary/aromatic N) is 1. The zero-order chi connectivity index (χ0) is 17.4. The van der Waals surface area contributed by atoms with Gasteiger partial charge in [0.25, 0.3) is 0 Å². The van der Waals surface area contributed by atoms with Gasteiger partial charge in [0.2, 0.25) is 0 Å². The molecular formula is C19H25F2N3O. The van der Waals surface area contributed by atoms with E-state index in [2.05, 4.69) is 15.5 Å². The summed E-state index contributed by atoms with van der Waals surface area (Å²) in [6, 6.07) is 4.74. The summed E-state index contributed by atoms with van der Waals surface area (Å²) >= 11 is 0. The van der Waals surface area contributed by atoms with Crippen molar-refractivity contribution in [3.05, 3.63) is 29.8 Å². The first kappa shape index (κ1) is 16.8. The number of amides is 2. The predicted molar refractivity (Wildman–Crippen MR) is 92.4 cm³/mol. The van der Waals surface area contributed by atoms with E-state index in [0.29, 0.717) is 12.1 Å². The quantitative estimate of drug-likeness (QED) is 0.865. The van der Waals surface area contributed by atoms with Crippen molar-refractivity contribution in [3.8, 4) is 0 Å². The Morgan fingerprint density at radius 1 is 1.00 bits per heavy atom. The van der Waals surface area contributed by atoms with Crippen molar-refractivity contribution < 1.29 is 13.6 Å². The van der Waals surface area contributed by atoms with Gasteiger partial charge in [0.1, 0.15) is 11.6 Å². The second-order valence-electron chi connectivity index (χ2n) is 7.66. The Kier molecular flexibility index (Phi) is 4.63. The molecule has 2 bridgehead atoms. The molecule has 0 radical (unpaired) electrons. The topological polar surface area (TPSA) is 44.4 Å².